The molecule has 0 fully saturated rings. The molecule has 0 radical (unpaired) electrons. The fourth-order valence-electron chi connectivity index (χ4n) is 1.03. The van der Waals surface area contributed by atoms with E-state index in [1.54, 1.807) is 14.2 Å². The first-order chi connectivity index (χ1) is 6.28. The third-order valence-corrected chi connectivity index (χ3v) is 1.77. The van der Waals surface area contributed by atoms with Crippen LogP contribution >= 0.6 is 0 Å². The average molecular weight is 193 g/mol. The minimum atomic E-state index is -0.307. The fourth-order valence-corrected chi connectivity index (χ4v) is 1.03. The van der Waals surface area contributed by atoms with Crippen molar-refractivity contribution >= 4 is 0 Å². The van der Waals surface area contributed by atoms with Crippen LogP contribution in [-0.4, -0.2) is 68.5 Å². The Balaban J connectivity index is 3.76. The lowest BCUT2D eigenvalue weighted by atomic mass is 10.4. The summed E-state index contributed by atoms with van der Waals surface area (Å²) in [5.74, 6) is 0. The van der Waals surface area contributed by atoms with E-state index >= 15 is 0 Å². The molecule has 0 saturated heterocycles. The van der Waals surface area contributed by atoms with Gasteiger partial charge in [0.15, 0.2) is 6.29 Å². The summed E-state index contributed by atoms with van der Waals surface area (Å²) in [6.07, 6.45) is -0.307. The van der Waals surface area contributed by atoms with Crippen molar-refractivity contribution in [1.29, 1.82) is 0 Å². The van der Waals surface area contributed by atoms with Crippen LogP contribution in [0.1, 0.15) is 0 Å². The van der Waals surface area contributed by atoms with Crippen LogP contribution in [0.3, 0.4) is 0 Å². The molecular weight excluding hydrogens is 174 g/mol. The summed E-state index contributed by atoms with van der Waals surface area (Å²) in [5.41, 5.74) is 0. The maximum atomic E-state index is 8.72. The van der Waals surface area contributed by atoms with Gasteiger partial charge in [-0.3, -0.25) is 4.90 Å². The van der Waals surface area contributed by atoms with E-state index in [0.29, 0.717) is 19.6 Å². The van der Waals surface area contributed by atoms with E-state index in [4.69, 9.17) is 19.7 Å². The quantitative estimate of drug-likeness (QED) is 0.479. The first kappa shape index (κ1) is 12.8. The van der Waals surface area contributed by atoms with Gasteiger partial charge in [-0.15, -0.1) is 0 Å². The van der Waals surface area contributed by atoms with Gasteiger partial charge in [0.2, 0.25) is 0 Å². The Hall–Kier alpha value is -0.200. The number of ether oxygens (including phenoxy) is 2. The van der Waals surface area contributed by atoms with Gasteiger partial charge in [0, 0.05) is 33.9 Å². The van der Waals surface area contributed by atoms with Crippen LogP contribution in [0.25, 0.3) is 0 Å². The van der Waals surface area contributed by atoms with Crippen molar-refractivity contribution in [3.8, 4) is 0 Å². The number of nitrogens with zero attached hydrogens (tertiary/aromatic N) is 1. The van der Waals surface area contributed by atoms with Crippen LogP contribution in [0.5, 0.6) is 0 Å². The van der Waals surface area contributed by atoms with Gasteiger partial charge in [-0.05, 0) is 0 Å². The van der Waals surface area contributed by atoms with Gasteiger partial charge in [-0.25, -0.2) is 0 Å². The molecule has 0 aliphatic carbocycles. The van der Waals surface area contributed by atoms with Crippen LogP contribution in [0.15, 0.2) is 0 Å². The summed E-state index contributed by atoms with van der Waals surface area (Å²) in [6.45, 7) is 1.72. The van der Waals surface area contributed by atoms with Crippen LogP contribution in [0.2, 0.25) is 0 Å². The molecule has 80 valence electrons. The molecule has 2 N–H and O–H groups in total. The molecule has 0 atom stereocenters. The van der Waals surface area contributed by atoms with Gasteiger partial charge >= 0.3 is 0 Å². The van der Waals surface area contributed by atoms with Gasteiger partial charge in [-0.1, -0.05) is 0 Å². The second-order valence-corrected chi connectivity index (χ2v) is 2.65. The summed E-state index contributed by atoms with van der Waals surface area (Å²) in [5, 5.41) is 17.4. The monoisotopic (exact) mass is 193 g/mol. The fraction of sp³-hybridized carbons (Fsp3) is 1.00. The first-order valence-corrected chi connectivity index (χ1v) is 4.28. The summed E-state index contributed by atoms with van der Waals surface area (Å²) in [6, 6.07) is 0. The molecule has 0 aliphatic heterocycles. The van der Waals surface area contributed by atoms with E-state index in [9.17, 15) is 0 Å². The molecule has 0 aromatic heterocycles. The van der Waals surface area contributed by atoms with E-state index in [1.807, 2.05) is 4.90 Å². The second kappa shape index (κ2) is 8.40. The largest absolute Gasteiger partial charge is 0.395 e. The van der Waals surface area contributed by atoms with Crippen LogP contribution in [0.4, 0.5) is 0 Å². The topological polar surface area (TPSA) is 62.2 Å². The minimum absolute atomic E-state index is 0.0696. The summed E-state index contributed by atoms with van der Waals surface area (Å²) in [4.78, 5) is 1.87. The van der Waals surface area contributed by atoms with Crippen molar-refractivity contribution in [2.75, 3.05) is 47.1 Å². The Morgan fingerprint density at radius 2 is 1.54 bits per heavy atom. The predicted octanol–water partition coefficient (Wildman–Crippen LogP) is -1.11. The molecule has 0 spiro atoms. The van der Waals surface area contributed by atoms with E-state index in [1.165, 1.54) is 0 Å². The molecule has 0 saturated carbocycles. The number of methoxy groups -OCH3 is 2. The van der Waals surface area contributed by atoms with Gasteiger partial charge < -0.3 is 19.7 Å². The minimum Gasteiger partial charge on any atom is -0.395 e. The molecule has 0 heterocycles. The lowest BCUT2D eigenvalue weighted by molar-refractivity contribution is -0.117. The van der Waals surface area contributed by atoms with Gasteiger partial charge in [0.05, 0.1) is 13.2 Å². The van der Waals surface area contributed by atoms with Crippen molar-refractivity contribution in [3.05, 3.63) is 0 Å². The van der Waals surface area contributed by atoms with Crippen molar-refractivity contribution in [1.82, 2.24) is 4.90 Å². The Kier molecular flexibility index (Phi) is 8.27. The highest BCUT2D eigenvalue weighted by Crippen LogP contribution is 1.96. The van der Waals surface area contributed by atoms with E-state index < -0.39 is 0 Å². The zero-order valence-electron chi connectivity index (χ0n) is 8.27. The third-order valence-electron chi connectivity index (χ3n) is 1.77. The molecule has 0 bridgehead atoms. The second-order valence-electron chi connectivity index (χ2n) is 2.65. The lowest BCUT2D eigenvalue weighted by Crippen LogP contribution is -2.38. The van der Waals surface area contributed by atoms with Crippen LogP contribution < -0.4 is 0 Å². The van der Waals surface area contributed by atoms with Gasteiger partial charge in [-0.2, -0.15) is 0 Å². The molecule has 0 amide bonds. The van der Waals surface area contributed by atoms with Crippen molar-refractivity contribution < 1.29 is 19.7 Å². The molecule has 0 aromatic rings. The van der Waals surface area contributed by atoms with Gasteiger partial charge in [0.1, 0.15) is 0 Å². The molecule has 5 heteroatoms. The number of aliphatic hydroxyl groups is 2. The number of rotatable bonds is 8. The zero-order chi connectivity index (χ0) is 10.1. The molecule has 5 nitrogen and oxygen atoms in total. The highest BCUT2D eigenvalue weighted by atomic mass is 16.7. The normalized spacial score (nSPS) is 11.5. The maximum Gasteiger partial charge on any atom is 0.169 e. The highest BCUT2D eigenvalue weighted by molar-refractivity contribution is 4.58. The van der Waals surface area contributed by atoms with E-state index in [2.05, 4.69) is 0 Å². The number of aliphatic hydroxyl groups excluding tert-OH is 2. The molecular formula is C8H19NO4. The first-order valence-electron chi connectivity index (χ1n) is 4.28. The van der Waals surface area contributed by atoms with Crippen molar-refractivity contribution in [2.45, 2.75) is 6.29 Å². The summed E-state index contributed by atoms with van der Waals surface area (Å²) < 4.78 is 9.99. The Morgan fingerprint density at radius 1 is 1.08 bits per heavy atom. The van der Waals surface area contributed by atoms with E-state index in [0.717, 1.165) is 0 Å². The van der Waals surface area contributed by atoms with Crippen molar-refractivity contribution in [2.24, 2.45) is 0 Å². The van der Waals surface area contributed by atoms with Crippen LogP contribution in [-0.2, 0) is 9.47 Å². The van der Waals surface area contributed by atoms with Crippen LogP contribution in [0, 0.1) is 0 Å². The lowest BCUT2D eigenvalue weighted by Gasteiger charge is -2.24. The number of hydrogen-bond donors (Lipinski definition) is 2. The molecule has 13 heavy (non-hydrogen) atoms. The third kappa shape index (κ3) is 5.95. The zero-order valence-corrected chi connectivity index (χ0v) is 8.27. The average Bonchev–Trinajstić information content (AvgIpc) is 2.14. The molecule has 0 aliphatic rings. The van der Waals surface area contributed by atoms with E-state index in [-0.39, 0.29) is 19.5 Å². The number of hydrogen-bond acceptors (Lipinski definition) is 5. The predicted molar refractivity (Wildman–Crippen MR) is 48.4 cm³/mol. The Morgan fingerprint density at radius 3 is 1.85 bits per heavy atom. The molecule has 0 unspecified atom stereocenters. The summed E-state index contributed by atoms with van der Waals surface area (Å²) >= 11 is 0. The Labute approximate surface area is 78.9 Å². The highest BCUT2D eigenvalue weighted by Gasteiger charge is 2.11. The molecule has 0 aromatic carbocycles. The summed E-state index contributed by atoms with van der Waals surface area (Å²) in [7, 11) is 3.12. The van der Waals surface area contributed by atoms with Gasteiger partial charge in [0.25, 0.3) is 0 Å². The SMILES string of the molecule is COC(CN(CCO)CCO)OC. The molecule has 0 rings (SSSR count). The standard InChI is InChI=1S/C8H19NO4/c1-12-8(13-2)7-9(3-5-10)4-6-11/h8,10-11H,3-7H2,1-2H3. The Bertz CT molecular complexity index is 102. The van der Waals surface area contributed by atoms with Crippen molar-refractivity contribution in [3.63, 3.8) is 0 Å². The smallest absolute Gasteiger partial charge is 0.169 e. The maximum absolute atomic E-state index is 8.72.